The van der Waals surface area contributed by atoms with Gasteiger partial charge >= 0.3 is 0 Å². The zero-order valence-electron chi connectivity index (χ0n) is 20.8. The molecule has 1 nitrogen and oxygen atoms in total. The van der Waals surface area contributed by atoms with Gasteiger partial charge in [0, 0.05) is 0 Å². The van der Waals surface area contributed by atoms with Gasteiger partial charge in [0.1, 0.15) is 0 Å². The topological polar surface area (TPSA) is 20.2 Å². The van der Waals surface area contributed by atoms with E-state index in [-0.39, 0.29) is 6.10 Å². The molecule has 0 radical (unpaired) electrons. The molecule has 5 rings (SSSR count). The molecule has 5 fully saturated rings. The van der Waals surface area contributed by atoms with Gasteiger partial charge in [0.05, 0.1) is 6.10 Å². The molecule has 0 amide bonds. The fraction of sp³-hybridized carbons (Fsp3) is 0.931. The predicted octanol–water partition coefficient (Wildman–Crippen LogP) is 7.78. The molecule has 0 aromatic rings. The highest BCUT2D eigenvalue weighted by atomic mass is 16.3. The number of aliphatic hydroxyl groups excluding tert-OH is 1. The third-order valence-electron chi connectivity index (χ3n) is 12.6. The number of allylic oxidation sites excluding steroid dienone is 2. The second-order valence-electron chi connectivity index (χ2n) is 13.5. The molecule has 10 atom stereocenters. The van der Waals surface area contributed by atoms with Gasteiger partial charge < -0.3 is 5.11 Å². The Balaban J connectivity index is 1.39. The highest BCUT2D eigenvalue weighted by molar-refractivity contribution is 5.29. The Morgan fingerprint density at radius 2 is 1.73 bits per heavy atom. The molecular weight excluding hydrogens is 364 g/mol. The summed E-state index contributed by atoms with van der Waals surface area (Å²) in [5.41, 5.74) is 3.84. The minimum Gasteiger partial charge on any atom is -0.393 e. The molecule has 0 heterocycles. The van der Waals surface area contributed by atoms with Gasteiger partial charge in [-0.15, -0.1) is 0 Å². The molecule has 170 valence electrons. The highest BCUT2D eigenvalue weighted by Gasteiger charge is 2.81. The van der Waals surface area contributed by atoms with Crippen LogP contribution in [0.1, 0.15) is 112 Å². The molecular formula is C29H48O. The van der Waals surface area contributed by atoms with E-state index >= 15 is 0 Å². The van der Waals surface area contributed by atoms with Gasteiger partial charge in [0.2, 0.25) is 0 Å². The third-order valence-corrected chi connectivity index (χ3v) is 12.6. The molecule has 0 aromatic carbocycles. The largest absolute Gasteiger partial charge is 0.393 e. The molecule has 0 saturated heterocycles. The van der Waals surface area contributed by atoms with Gasteiger partial charge in [-0.25, -0.2) is 0 Å². The van der Waals surface area contributed by atoms with Crippen LogP contribution in [0.4, 0.5) is 0 Å². The van der Waals surface area contributed by atoms with Crippen LogP contribution in [0.5, 0.6) is 0 Å². The molecule has 0 aliphatic heterocycles. The van der Waals surface area contributed by atoms with E-state index in [9.17, 15) is 5.11 Å². The Kier molecular flexibility index (Phi) is 4.92. The summed E-state index contributed by atoms with van der Waals surface area (Å²) in [7, 11) is 0. The lowest BCUT2D eigenvalue weighted by Gasteiger charge is -2.62. The minimum absolute atomic E-state index is 0.0308. The van der Waals surface area contributed by atoms with Crippen molar-refractivity contribution in [3.63, 3.8) is 0 Å². The Bertz CT molecular complexity index is 720. The van der Waals surface area contributed by atoms with Gasteiger partial charge in [-0.1, -0.05) is 39.3 Å². The van der Waals surface area contributed by atoms with Crippen molar-refractivity contribution in [1.82, 2.24) is 0 Å². The SMILES string of the molecule is CC(C)=CCC[C@@H](C)[C@H]1CC[C@@]2(C)[C@@H]3CC[C@H]4C(C)[C@@H](O)CC[C@@]45C[C@@]35CC[C@]12C. The fourth-order valence-corrected chi connectivity index (χ4v) is 10.8. The molecule has 5 aliphatic carbocycles. The van der Waals surface area contributed by atoms with Gasteiger partial charge in [-0.3, -0.25) is 0 Å². The zero-order valence-corrected chi connectivity index (χ0v) is 20.8. The van der Waals surface area contributed by atoms with Crippen molar-refractivity contribution >= 4 is 0 Å². The van der Waals surface area contributed by atoms with Crippen LogP contribution in [0.15, 0.2) is 11.6 Å². The molecule has 5 aliphatic rings. The normalized spacial score (nSPS) is 55.0. The van der Waals surface area contributed by atoms with Crippen LogP contribution in [-0.4, -0.2) is 11.2 Å². The van der Waals surface area contributed by atoms with E-state index in [0.717, 1.165) is 30.1 Å². The smallest absolute Gasteiger partial charge is 0.0568 e. The first-order valence-corrected chi connectivity index (χ1v) is 13.4. The van der Waals surface area contributed by atoms with Crippen LogP contribution in [-0.2, 0) is 0 Å². The van der Waals surface area contributed by atoms with Gasteiger partial charge in [-0.2, -0.15) is 0 Å². The van der Waals surface area contributed by atoms with E-state index in [2.05, 4.69) is 47.6 Å². The molecule has 30 heavy (non-hydrogen) atoms. The summed E-state index contributed by atoms with van der Waals surface area (Å²) in [5, 5.41) is 10.6. The first-order valence-electron chi connectivity index (χ1n) is 13.4. The number of aliphatic hydroxyl groups is 1. The standard InChI is InChI=1S/C29H48O/c1-19(2)8-7-9-20(3)22-12-14-27(6)25-11-10-23-21(4)24(30)13-15-28(23)18-29(25,28)17-16-26(22,27)5/h8,20-25,30H,7,9-18H2,1-6H3/t20-,21?,22-,23+,24+,25+,26-,27+,28-,29+/m1/s1. The Morgan fingerprint density at radius 3 is 2.47 bits per heavy atom. The van der Waals surface area contributed by atoms with Crippen LogP contribution >= 0.6 is 0 Å². The molecule has 0 aromatic heterocycles. The number of hydrogen-bond donors (Lipinski definition) is 1. The maximum atomic E-state index is 10.6. The second kappa shape index (κ2) is 6.85. The monoisotopic (exact) mass is 412 g/mol. The number of fused-ring (bicyclic) bond motifs is 2. The maximum Gasteiger partial charge on any atom is 0.0568 e. The van der Waals surface area contributed by atoms with Crippen LogP contribution in [0, 0.1) is 51.2 Å². The Hall–Kier alpha value is -0.300. The summed E-state index contributed by atoms with van der Waals surface area (Å²) in [4.78, 5) is 0. The van der Waals surface area contributed by atoms with Crippen molar-refractivity contribution in [1.29, 1.82) is 0 Å². The van der Waals surface area contributed by atoms with Crippen LogP contribution in [0.3, 0.4) is 0 Å². The minimum atomic E-state index is -0.0308. The first kappa shape index (κ1) is 21.5. The van der Waals surface area contributed by atoms with Crippen molar-refractivity contribution in [2.45, 2.75) is 118 Å². The lowest BCUT2D eigenvalue weighted by atomic mass is 9.43. The fourth-order valence-electron chi connectivity index (χ4n) is 10.8. The van der Waals surface area contributed by atoms with E-state index in [0.29, 0.717) is 27.6 Å². The van der Waals surface area contributed by atoms with E-state index in [1.54, 1.807) is 0 Å². The lowest BCUT2D eigenvalue weighted by molar-refractivity contribution is -0.142. The number of hydrogen-bond acceptors (Lipinski definition) is 1. The van der Waals surface area contributed by atoms with Crippen molar-refractivity contribution in [2.24, 2.45) is 51.2 Å². The third kappa shape index (κ3) is 2.57. The second-order valence-corrected chi connectivity index (χ2v) is 13.5. The van der Waals surface area contributed by atoms with Gasteiger partial charge in [0.15, 0.2) is 0 Å². The van der Waals surface area contributed by atoms with Gasteiger partial charge in [0.25, 0.3) is 0 Å². The van der Waals surface area contributed by atoms with Crippen molar-refractivity contribution in [3.05, 3.63) is 11.6 Å². The van der Waals surface area contributed by atoms with E-state index in [4.69, 9.17) is 0 Å². The summed E-state index contributed by atoms with van der Waals surface area (Å²) < 4.78 is 0. The molecule has 0 bridgehead atoms. The molecule has 1 heteroatoms. The van der Waals surface area contributed by atoms with E-state index < -0.39 is 0 Å². The van der Waals surface area contributed by atoms with Crippen molar-refractivity contribution < 1.29 is 5.11 Å². The van der Waals surface area contributed by atoms with E-state index in [1.807, 2.05) is 0 Å². The summed E-state index contributed by atoms with van der Waals surface area (Å²) in [6.07, 6.45) is 17.8. The van der Waals surface area contributed by atoms with Crippen molar-refractivity contribution in [3.8, 4) is 0 Å². The van der Waals surface area contributed by atoms with Crippen LogP contribution < -0.4 is 0 Å². The van der Waals surface area contributed by atoms with Crippen molar-refractivity contribution in [2.75, 3.05) is 0 Å². The zero-order chi connectivity index (χ0) is 21.5. The summed E-state index contributed by atoms with van der Waals surface area (Å²) in [6.45, 7) is 14.9. The van der Waals surface area contributed by atoms with Crippen LogP contribution in [0.25, 0.3) is 0 Å². The van der Waals surface area contributed by atoms with E-state index in [1.165, 1.54) is 69.8 Å². The summed E-state index contributed by atoms with van der Waals surface area (Å²) in [6, 6.07) is 0. The Morgan fingerprint density at radius 1 is 0.967 bits per heavy atom. The average molecular weight is 413 g/mol. The summed E-state index contributed by atoms with van der Waals surface area (Å²) >= 11 is 0. The molecule has 2 spiro atoms. The van der Waals surface area contributed by atoms with Crippen LogP contribution in [0.2, 0.25) is 0 Å². The molecule has 1 N–H and O–H groups in total. The maximum absolute atomic E-state index is 10.6. The molecule has 5 saturated carbocycles. The predicted molar refractivity (Wildman–Crippen MR) is 126 cm³/mol. The molecule has 1 unspecified atom stereocenters. The lowest BCUT2D eigenvalue weighted by Crippen LogP contribution is -2.55. The first-order chi connectivity index (χ1) is 14.1. The average Bonchev–Trinajstić information content (AvgIpc) is 3.27. The van der Waals surface area contributed by atoms with Gasteiger partial charge in [-0.05, 0) is 136 Å². The quantitative estimate of drug-likeness (QED) is 0.467. The Labute approximate surface area is 186 Å². The summed E-state index contributed by atoms with van der Waals surface area (Å²) in [5.74, 6) is 4.08. The highest BCUT2D eigenvalue weighted by Crippen LogP contribution is 2.88. The number of rotatable bonds is 4.